The summed E-state index contributed by atoms with van der Waals surface area (Å²) in [6.45, 7) is 1.14. The van der Waals surface area contributed by atoms with Gasteiger partial charge in [-0.05, 0) is 35.4 Å². The number of likely N-dealkylation sites (N-methyl/N-ethyl adjacent to an activating group) is 1. The molecule has 0 aromatic heterocycles. The van der Waals surface area contributed by atoms with Gasteiger partial charge in [-0.2, -0.15) is 0 Å². The van der Waals surface area contributed by atoms with E-state index in [9.17, 15) is 4.79 Å². The minimum absolute atomic E-state index is 0. The maximum Gasteiger partial charge on any atom is 0.231 e. The third-order valence-corrected chi connectivity index (χ3v) is 6.05. The molecule has 166 valence electrons. The first kappa shape index (κ1) is 23.4. The zero-order valence-electron chi connectivity index (χ0n) is 18.3. The standard InChI is InChI=1S/C24H28NO5.HI/c1-25(2)12-11-17-13-21-23(30-15-29-21)24(28-4)22(17)20(25)14-18(26)8-5-16-6-9-19(27-3)10-7-16;/h5-10,13,20H,11-12,14-15H2,1-4H3;1H/q+1;/p-1. The van der Waals surface area contributed by atoms with Gasteiger partial charge in [-0.1, -0.05) is 18.2 Å². The normalized spacial score (nSPS) is 18.3. The van der Waals surface area contributed by atoms with Crippen LogP contribution in [0.2, 0.25) is 0 Å². The minimum atomic E-state index is -0.0220. The number of fused-ring (bicyclic) bond motifs is 2. The fourth-order valence-corrected chi connectivity index (χ4v) is 4.28. The van der Waals surface area contributed by atoms with Crippen LogP contribution >= 0.6 is 0 Å². The quantitative estimate of drug-likeness (QED) is 0.310. The second kappa shape index (κ2) is 9.48. The Labute approximate surface area is 200 Å². The van der Waals surface area contributed by atoms with Crippen molar-refractivity contribution in [1.82, 2.24) is 0 Å². The van der Waals surface area contributed by atoms with Gasteiger partial charge in [0.25, 0.3) is 0 Å². The van der Waals surface area contributed by atoms with Gasteiger partial charge >= 0.3 is 0 Å². The number of methoxy groups -OCH3 is 2. The van der Waals surface area contributed by atoms with Gasteiger partial charge in [-0.25, -0.2) is 0 Å². The molecule has 1 unspecified atom stereocenters. The number of hydrogen-bond acceptors (Lipinski definition) is 5. The first-order valence-corrected chi connectivity index (χ1v) is 10.1. The molecule has 2 aromatic carbocycles. The Morgan fingerprint density at radius 1 is 1.16 bits per heavy atom. The molecule has 31 heavy (non-hydrogen) atoms. The fraction of sp³-hybridized carbons (Fsp3) is 0.375. The number of allylic oxidation sites excluding steroid dienone is 1. The Hall–Kier alpha value is -2.26. The van der Waals surface area contributed by atoms with E-state index in [4.69, 9.17) is 18.9 Å². The van der Waals surface area contributed by atoms with E-state index in [1.807, 2.05) is 36.4 Å². The van der Waals surface area contributed by atoms with Gasteiger partial charge in [0, 0.05) is 6.42 Å². The smallest absolute Gasteiger partial charge is 0.231 e. The zero-order chi connectivity index (χ0) is 21.3. The van der Waals surface area contributed by atoms with Crippen LogP contribution in [0.3, 0.4) is 0 Å². The van der Waals surface area contributed by atoms with Crippen LogP contribution in [0, 0.1) is 0 Å². The SMILES string of the molecule is COc1ccc(C=CC(=O)CC2c3c(cc4c(c3OC)OCO4)CC[N+]2(C)C)cc1.[I-]. The molecule has 2 aliphatic heterocycles. The van der Waals surface area contributed by atoms with E-state index in [1.54, 1.807) is 20.3 Å². The van der Waals surface area contributed by atoms with Gasteiger partial charge < -0.3 is 47.4 Å². The Balaban J connectivity index is 0.00000272. The van der Waals surface area contributed by atoms with Crippen LogP contribution in [0.1, 0.15) is 29.2 Å². The summed E-state index contributed by atoms with van der Waals surface area (Å²) in [5, 5.41) is 0. The molecular formula is C24H28INO5. The lowest BCUT2D eigenvalue weighted by Crippen LogP contribution is -3.00. The van der Waals surface area contributed by atoms with E-state index < -0.39 is 0 Å². The third kappa shape index (κ3) is 4.67. The van der Waals surface area contributed by atoms with Crippen molar-refractivity contribution >= 4 is 11.9 Å². The molecule has 0 radical (unpaired) electrons. The first-order chi connectivity index (χ1) is 14.4. The topological polar surface area (TPSA) is 54.0 Å². The molecule has 0 N–H and O–H groups in total. The van der Waals surface area contributed by atoms with Crippen LogP contribution in [-0.4, -0.2) is 51.9 Å². The Kier molecular flexibility index (Phi) is 7.16. The van der Waals surface area contributed by atoms with E-state index in [2.05, 4.69) is 14.1 Å². The highest BCUT2D eigenvalue weighted by Crippen LogP contribution is 2.51. The molecule has 7 heteroatoms. The molecule has 0 saturated heterocycles. The van der Waals surface area contributed by atoms with Crippen molar-refractivity contribution in [3.63, 3.8) is 0 Å². The number of halogens is 1. The van der Waals surface area contributed by atoms with Crippen molar-refractivity contribution in [1.29, 1.82) is 0 Å². The number of carbonyl (C=O) groups excluding carboxylic acids is 1. The molecule has 2 heterocycles. The summed E-state index contributed by atoms with van der Waals surface area (Å²) < 4.78 is 22.9. The highest BCUT2D eigenvalue weighted by molar-refractivity contribution is 5.94. The maximum absolute atomic E-state index is 12.9. The van der Waals surface area contributed by atoms with Crippen LogP contribution in [0.5, 0.6) is 23.0 Å². The monoisotopic (exact) mass is 537 g/mol. The largest absolute Gasteiger partial charge is 1.00 e. The lowest BCUT2D eigenvalue weighted by molar-refractivity contribution is -0.922. The first-order valence-electron chi connectivity index (χ1n) is 10.1. The molecule has 4 rings (SSSR count). The highest BCUT2D eigenvalue weighted by Gasteiger charge is 2.41. The molecule has 0 aliphatic carbocycles. The van der Waals surface area contributed by atoms with Crippen molar-refractivity contribution in [2.45, 2.75) is 18.9 Å². The summed E-state index contributed by atoms with van der Waals surface area (Å²) in [5.41, 5.74) is 3.19. The average Bonchev–Trinajstić information content (AvgIpc) is 3.21. The van der Waals surface area contributed by atoms with Crippen LogP contribution in [0.15, 0.2) is 36.4 Å². The Bertz CT molecular complexity index is 984. The minimum Gasteiger partial charge on any atom is -1.00 e. The number of benzene rings is 2. The van der Waals surface area contributed by atoms with Crippen molar-refractivity contribution in [3.05, 3.63) is 53.1 Å². The van der Waals surface area contributed by atoms with Gasteiger partial charge in [0.1, 0.15) is 11.8 Å². The summed E-state index contributed by atoms with van der Waals surface area (Å²) in [7, 11) is 7.61. The van der Waals surface area contributed by atoms with Crippen molar-refractivity contribution in [3.8, 4) is 23.0 Å². The molecule has 2 aliphatic rings. The second-order valence-electron chi connectivity index (χ2n) is 8.26. The number of hydrogen-bond donors (Lipinski definition) is 0. The fourth-order valence-electron chi connectivity index (χ4n) is 4.28. The van der Waals surface area contributed by atoms with Crippen LogP contribution in [-0.2, 0) is 11.2 Å². The molecule has 0 fully saturated rings. The summed E-state index contributed by atoms with van der Waals surface area (Å²) in [6, 6.07) is 9.66. The van der Waals surface area contributed by atoms with Crippen molar-refractivity contribution in [2.75, 3.05) is 41.7 Å². The molecule has 0 bridgehead atoms. The lowest BCUT2D eigenvalue weighted by atomic mass is 9.86. The van der Waals surface area contributed by atoms with Gasteiger partial charge in [0.15, 0.2) is 17.3 Å². The molecule has 2 aromatic rings. The number of carbonyl (C=O) groups is 1. The molecular weight excluding hydrogens is 509 g/mol. The molecule has 0 saturated carbocycles. The Morgan fingerprint density at radius 2 is 1.90 bits per heavy atom. The van der Waals surface area contributed by atoms with Crippen molar-refractivity contribution < 1.29 is 52.2 Å². The number of ether oxygens (including phenoxy) is 4. The molecule has 0 amide bonds. The summed E-state index contributed by atoms with van der Waals surface area (Å²) in [6.07, 6.45) is 4.81. The van der Waals surface area contributed by atoms with Crippen LogP contribution in [0.25, 0.3) is 6.08 Å². The number of ketones is 1. The van der Waals surface area contributed by atoms with Crippen molar-refractivity contribution in [2.24, 2.45) is 0 Å². The van der Waals surface area contributed by atoms with Crippen LogP contribution < -0.4 is 42.9 Å². The maximum atomic E-state index is 12.9. The number of quaternary nitrogens is 1. The highest BCUT2D eigenvalue weighted by atomic mass is 127. The number of rotatable bonds is 6. The van der Waals surface area contributed by atoms with E-state index >= 15 is 0 Å². The summed E-state index contributed by atoms with van der Waals surface area (Å²) in [4.78, 5) is 12.9. The van der Waals surface area contributed by atoms with E-state index in [1.165, 1.54) is 5.56 Å². The number of nitrogens with zero attached hydrogens (tertiary/aromatic N) is 1. The summed E-state index contributed by atoms with van der Waals surface area (Å²) in [5.74, 6) is 2.94. The van der Waals surface area contributed by atoms with Gasteiger partial charge in [-0.3, -0.25) is 4.79 Å². The molecule has 6 nitrogen and oxygen atoms in total. The van der Waals surface area contributed by atoms with Gasteiger partial charge in [0.2, 0.25) is 12.5 Å². The van der Waals surface area contributed by atoms with Gasteiger partial charge in [-0.15, -0.1) is 0 Å². The third-order valence-electron chi connectivity index (χ3n) is 6.05. The second-order valence-corrected chi connectivity index (χ2v) is 8.26. The zero-order valence-corrected chi connectivity index (χ0v) is 20.5. The van der Waals surface area contributed by atoms with E-state index in [-0.39, 0.29) is 42.6 Å². The molecule has 1 atom stereocenters. The Morgan fingerprint density at radius 3 is 2.58 bits per heavy atom. The molecule has 0 spiro atoms. The predicted molar refractivity (Wildman–Crippen MR) is 114 cm³/mol. The van der Waals surface area contributed by atoms with E-state index in [0.717, 1.165) is 35.6 Å². The average molecular weight is 537 g/mol. The lowest BCUT2D eigenvalue weighted by Gasteiger charge is -2.43. The summed E-state index contributed by atoms with van der Waals surface area (Å²) >= 11 is 0. The van der Waals surface area contributed by atoms with Gasteiger partial charge in [0.05, 0.1) is 46.8 Å². The predicted octanol–water partition coefficient (Wildman–Crippen LogP) is 0.783. The van der Waals surface area contributed by atoms with Crippen LogP contribution in [0.4, 0.5) is 0 Å². The van der Waals surface area contributed by atoms with E-state index in [0.29, 0.717) is 22.4 Å².